The predicted molar refractivity (Wildman–Crippen MR) is 67.8 cm³/mol. The number of hydrogen-bond acceptors (Lipinski definition) is 4. The third-order valence-electron chi connectivity index (χ3n) is 2.70. The van der Waals surface area contributed by atoms with Crippen molar-refractivity contribution in [3.05, 3.63) is 42.5 Å². The second kappa shape index (κ2) is 5.04. The van der Waals surface area contributed by atoms with Crippen LogP contribution in [0.2, 0.25) is 0 Å². The number of alkyl halides is 3. The minimum atomic E-state index is -3.96. The smallest absolute Gasteiger partial charge is 0.395 e. The quantitative estimate of drug-likeness (QED) is 0.742. The van der Waals surface area contributed by atoms with Gasteiger partial charge in [0, 0.05) is 5.56 Å². The average Bonchev–Trinajstić information content (AvgIpc) is 2.90. The summed E-state index contributed by atoms with van der Waals surface area (Å²) in [5.41, 5.74) is 1.53. The molecule has 3 aromatic rings. The Balaban J connectivity index is 2.04. The molecule has 2 aromatic heterocycles. The van der Waals surface area contributed by atoms with Gasteiger partial charge in [0.2, 0.25) is 0 Å². The fourth-order valence-electron chi connectivity index (χ4n) is 1.76. The van der Waals surface area contributed by atoms with Crippen LogP contribution < -0.4 is 4.74 Å². The highest BCUT2D eigenvalue weighted by Crippen LogP contribution is 2.22. The van der Waals surface area contributed by atoms with E-state index >= 15 is 0 Å². The van der Waals surface area contributed by atoms with Crippen LogP contribution in [-0.4, -0.2) is 32.6 Å². The molecule has 0 N–H and O–H groups in total. The van der Waals surface area contributed by atoms with Crippen LogP contribution in [0.3, 0.4) is 0 Å². The molecule has 21 heavy (non-hydrogen) atoms. The van der Waals surface area contributed by atoms with Gasteiger partial charge in [0.1, 0.15) is 0 Å². The molecule has 2 heterocycles. The van der Waals surface area contributed by atoms with E-state index in [1.165, 1.54) is 0 Å². The van der Waals surface area contributed by atoms with Gasteiger partial charge in [-0.1, -0.05) is 35.4 Å². The van der Waals surface area contributed by atoms with Gasteiger partial charge in [-0.3, -0.25) is 0 Å². The summed E-state index contributed by atoms with van der Waals surface area (Å²) in [4.78, 5) is 0. The molecule has 3 rings (SSSR count). The van der Waals surface area contributed by atoms with Crippen LogP contribution in [0.25, 0.3) is 16.9 Å². The number of hydrogen-bond donors (Lipinski definition) is 0. The van der Waals surface area contributed by atoms with E-state index < -0.39 is 18.8 Å². The van der Waals surface area contributed by atoms with Crippen LogP contribution in [0.1, 0.15) is 0 Å². The fraction of sp³-hybridized carbons (Fsp3) is 0.154. The van der Waals surface area contributed by atoms with Gasteiger partial charge in [-0.2, -0.15) is 18.4 Å². The number of nitrogens with zero attached hydrogens (tertiary/aromatic N) is 4. The zero-order chi connectivity index (χ0) is 14.9. The molecular formula is C13H9F3N4O. The Morgan fingerprint density at radius 2 is 1.81 bits per heavy atom. The molecule has 0 saturated carbocycles. The van der Waals surface area contributed by atoms with Crippen molar-refractivity contribution in [1.29, 1.82) is 0 Å². The summed E-state index contributed by atoms with van der Waals surface area (Å²) in [6.07, 6.45) is -3.96. The average molecular weight is 294 g/mol. The molecule has 0 atom stereocenters. The van der Waals surface area contributed by atoms with Crippen molar-refractivity contribution in [2.75, 3.05) is 6.67 Å². The second-order valence-corrected chi connectivity index (χ2v) is 4.21. The minimum absolute atomic E-state index is 0.222. The molecule has 0 fully saturated rings. The fourth-order valence-corrected chi connectivity index (χ4v) is 1.76. The van der Waals surface area contributed by atoms with Crippen LogP contribution in [0, 0.1) is 0 Å². The van der Waals surface area contributed by atoms with Crippen LogP contribution in [0.15, 0.2) is 42.5 Å². The van der Waals surface area contributed by atoms with E-state index in [0.29, 0.717) is 5.69 Å². The van der Waals surface area contributed by atoms with Crippen LogP contribution in [0.4, 0.5) is 13.2 Å². The number of ether oxygens (including phenoxy) is 1. The molecule has 108 valence electrons. The maximum absolute atomic E-state index is 13.0. The first kappa shape index (κ1) is 13.3. The van der Waals surface area contributed by atoms with E-state index in [2.05, 4.69) is 20.0 Å². The van der Waals surface area contributed by atoms with E-state index in [1.54, 1.807) is 12.1 Å². The highest BCUT2D eigenvalue weighted by Gasteiger charge is 2.34. The molecule has 8 heteroatoms. The van der Waals surface area contributed by atoms with Crippen molar-refractivity contribution in [2.45, 2.75) is 6.11 Å². The Morgan fingerprint density at radius 3 is 2.52 bits per heavy atom. The topological polar surface area (TPSA) is 52.3 Å². The Labute approximate surface area is 117 Å². The second-order valence-electron chi connectivity index (χ2n) is 4.21. The SMILES string of the molecule is FCC(F)(F)Oc1nnc2ccc(-c3ccccc3)nn12. The third-order valence-corrected chi connectivity index (χ3v) is 2.70. The van der Waals surface area contributed by atoms with Gasteiger partial charge in [-0.15, -0.1) is 5.10 Å². The van der Waals surface area contributed by atoms with Gasteiger partial charge in [-0.05, 0) is 12.1 Å². The molecule has 0 aliphatic rings. The van der Waals surface area contributed by atoms with Crippen LogP contribution >= 0.6 is 0 Å². The highest BCUT2D eigenvalue weighted by atomic mass is 19.3. The normalized spacial score (nSPS) is 11.8. The van der Waals surface area contributed by atoms with Gasteiger partial charge in [0.15, 0.2) is 12.3 Å². The monoisotopic (exact) mass is 294 g/mol. The lowest BCUT2D eigenvalue weighted by atomic mass is 10.1. The Kier molecular flexibility index (Phi) is 3.20. The van der Waals surface area contributed by atoms with Crippen molar-refractivity contribution in [3.63, 3.8) is 0 Å². The number of halogens is 3. The van der Waals surface area contributed by atoms with Gasteiger partial charge < -0.3 is 4.74 Å². The molecule has 0 unspecified atom stereocenters. The van der Waals surface area contributed by atoms with Crippen molar-refractivity contribution in [2.24, 2.45) is 0 Å². The molecule has 0 spiro atoms. The molecule has 0 bridgehead atoms. The molecule has 0 amide bonds. The zero-order valence-corrected chi connectivity index (χ0v) is 10.6. The lowest BCUT2D eigenvalue weighted by Gasteiger charge is -2.11. The third kappa shape index (κ3) is 2.64. The summed E-state index contributed by atoms with van der Waals surface area (Å²) in [5, 5.41) is 11.2. The first-order valence-corrected chi connectivity index (χ1v) is 6.00. The standard InChI is InChI=1S/C13H9F3N4O/c14-8-13(15,16)21-12-18-17-11-7-6-10(19-20(11)12)9-4-2-1-3-5-9/h1-7H,8H2. The lowest BCUT2D eigenvalue weighted by Crippen LogP contribution is -2.28. The molecule has 0 saturated heterocycles. The predicted octanol–water partition coefficient (Wildman–Crippen LogP) is 2.73. The first-order valence-electron chi connectivity index (χ1n) is 6.00. The molecule has 0 aliphatic heterocycles. The zero-order valence-electron chi connectivity index (χ0n) is 10.6. The minimum Gasteiger partial charge on any atom is -0.395 e. The largest absolute Gasteiger partial charge is 0.429 e. The summed E-state index contributed by atoms with van der Waals surface area (Å²) in [7, 11) is 0. The van der Waals surface area contributed by atoms with E-state index in [1.807, 2.05) is 30.3 Å². The lowest BCUT2D eigenvalue weighted by molar-refractivity contribution is -0.191. The molecule has 0 radical (unpaired) electrons. The molecule has 1 aromatic carbocycles. The van der Waals surface area contributed by atoms with Crippen molar-refractivity contribution in [1.82, 2.24) is 19.8 Å². The number of benzene rings is 1. The van der Waals surface area contributed by atoms with E-state index in [-0.39, 0.29) is 5.65 Å². The summed E-state index contributed by atoms with van der Waals surface area (Å²) < 4.78 is 43.3. The molecular weight excluding hydrogens is 285 g/mol. The van der Waals surface area contributed by atoms with E-state index in [4.69, 9.17) is 0 Å². The van der Waals surface area contributed by atoms with Crippen molar-refractivity contribution in [3.8, 4) is 17.3 Å². The summed E-state index contributed by atoms with van der Waals surface area (Å²) in [5.74, 6) is 0. The summed E-state index contributed by atoms with van der Waals surface area (Å²) >= 11 is 0. The summed E-state index contributed by atoms with van der Waals surface area (Å²) in [6, 6.07) is 11.8. The van der Waals surface area contributed by atoms with Gasteiger partial charge in [-0.25, -0.2) is 4.39 Å². The number of aromatic nitrogens is 4. The Bertz CT molecular complexity index is 760. The molecule has 0 aliphatic carbocycles. The Hall–Kier alpha value is -2.64. The number of rotatable bonds is 4. The van der Waals surface area contributed by atoms with E-state index in [9.17, 15) is 13.2 Å². The molecule has 5 nitrogen and oxygen atoms in total. The van der Waals surface area contributed by atoms with Gasteiger partial charge >= 0.3 is 12.1 Å². The van der Waals surface area contributed by atoms with Crippen molar-refractivity contribution < 1.29 is 17.9 Å². The van der Waals surface area contributed by atoms with Gasteiger partial charge in [0.05, 0.1) is 5.69 Å². The van der Waals surface area contributed by atoms with Crippen molar-refractivity contribution >= 4 is 5.65 Å². The number of fused-ring (bicyclic) bond motifs is 1. The van der Waals surface area contributed by atoms with Crippen LogP contribution in [-0.2, 0) is 0 Å². The maximum atomic E-state index is 13.0. The van der Waals surface area contributed by atoms with Crippen LogP contribution in [0.5, 0.6) is 6.01 Å². The highest BCUT2D eigenvalue weighted by molar-refractivity contribution is 5.60. The first-order chi connectivity index (χ1) is 10.1. The maximum Gasteiger partial charge on any atom is 0.429 e. The van der Waals surface area contributed by atoms with Gasteiger partial charge in [0.25, 0.3) is 0 Å². The summed E-state index contributed by atoms with van der Waals surface area (Å²) in [6.45, 7) is -1.96. The Morgan fingerprint density at radius 1 is 1.05 bits per heavy atom. The van der Waals surface area contributed by atoms with E-state index in [0.717, 1.165) is 10.1 Å².